The van der Waals surface area contributed by atoms with Gasteiger partial charge in [0.15, 0.2) is 16.6 Å². The highest BCUT2D eigenvalue weighted by atomic mass is 35.5. The summed E-state index contributed by atoms with van der Waals surface area (Å²) in [4.78, 5) is 17.7. The molecule has 6 nitrogen and oxygen atoms in total. The second kappa shape index (κ2) is 10.7. The fraction of sp³-hybridized carbons (Fsp3) is 0.136. The Labute approximate surface area is 204 Å². The first-order chi connectivity index (χ1) is 15.3. The van der Waals surface area contributed by atoms with E-state index in [0.29, 0.717) is 43.7 Å². The van der Waals surface area contributed by atoms with Crippen molar-refractivity contribution in [1.29, 1.82) is 5.26 Å². The zero-order valence-corrected chi connectivity index (χ0v) is 20.0. The summed E-state index contributed by atoms with van der Waals surface area (Å²) >= 11 is 19.7. The number of benzene rings is 2. The number of hydrogen-bond donors (Lipinski definition) is 1. The molecule has 1 heterocycles. The molecule has 0 aliphatic heterocycles. The van der Waals surface area contributed by atoms with Crippen LogP contribution in [0.1, 0.15) is 16.0 Å². The van der Waals surface area contributed by atoms with E-state index in [2.05, 4.69) is 10.3 Å². The second-order valence-corrected chi connectivity index (χ2v) is 8.77. The molecule has 0 unspecified atom stereocenters. The van der Waals surface area contributed by atoms with Crippen molar-refractivity contribution in [3.63, 3.8) is 0 Å². The summed E-state index contributed by atoms with van der Waals surface area (Å²) in [6.45, 7) is 0. The Morgan fingerprint density at radius 1 is 1.19 bits per heavy atom. The van der Waals surface area contributed by atoms with Crippen LogP contribution in [-0.4, -0.2) is 25.1 Å². The minimum Gasteiger partial charge on any atom is -0.493 e. The highest BCUT2D eigenvalue weighted by Gasteiger charge is 2.15. The lowest BCUT2D eigenvalue weighted by Gasteiger charge is -2.10. The highest BCUT2D eigenvalue weighted by molar-refractivity contribution is 7.15. The number of rotatable bonds is 7. The summed E-state index contributed by atoms with van der Waals surface area (Å²) in [5.74, 6) is 0.151. The zero-order valence-electron chi connectivity index (χ0n) is 16.9. The van der Waals surface area contributed by atoms with Crippen LogP contribution in [-0.2, 0) is 11.2 Å². The molecule has 3 aromatic rings. The Morgan fingerprint density at radius 2 is 1.97 bits per heavy atom. The van der Waals surface area contributed by atoms with Gasteiger partial charge in [-0.3, -0.25) is 10.1 Å². The number of anilines is 1. The highest BCUT2D eigenvalue weighted by Crippen LogP contribution is 2.36. The predicted octanol–water partition coefficient (Wildman–Crippen LogP) is 6.26. The first kappa shape index (κ1) is 23.9. The molecule has 0 atom stereocenters. The van der Waals surface area contributed by atoms with Crippen molar-refractivity contribution in [2.24, 2.45) is 0 Å². The molecule has 164 valence electrons. The number of ether oxygens (including phenoxy) is 2. The molecule has 0 spiro atoms. The van der Waals surface area contributed by atoms with Gasteiger partial charge in [0.25, 0.3) is 5.91 Å². The summed E-state index contributed by atoms with van der Waals surface area (Å²) in [5.41, 5.74) is 1.24. The van der Waals surface area contributed by atoms with Crippen molar-refractivity contribution < 1.29 is 14.3 Å². The van der Waals surface area contributed by atoms with E-state index in [-0.39, 0.29) is 5.57 Å². The van der Waals surface area contributed by atoms with Gasteiger partial charge in [-0.2, -0.15) is 5.26 Å². The third-order valence-corrected chi connectivity index (χ3v) is 6.08. The number of hydrogen-bond acceptors (Lipinski definition) is 6. The SMILES string of the molecule is COc1cc(/C=C(\C#N)C(=O)Nc2ncc(Cc3cc(Cl)ccc3Cl)s2)cc(Cl)c1OC. The van der Waals surface area contributed by atoms with Gasteiger partial charge in [-0.1, -0.05) is 34.8 Å². The van der Waals surface area contributed by atoms with Crippen molar-refractivity contribution >= 4 is 63.3 Å². The van der Waals surface area contributed by atoms with Crippen LogP contribution >= 0.6 is 46.1 Å². The van der Waals surface area contributed by atoms with Crippen molar-refractivity contribution in [1.82, 2.24) is 4.98 Å². The second-order valence-electron chi connectivity index (χ2n) is 6.41. The van der Waals surface area contributed by atoms with Crippen LogP contribution in [0.3, 0.4) is 0 Å². The number of amides is 1. The molecule has 1 amide bonds. The molecule has 3 rings (SSSR count). The lowest BCUT2D eigenvalue weighted by atomic mass is 10.1. The largest absolute Gasteiger partial charge is 0.493 e. The fourth-order valence-corrected chi connectivity index (χ4v) is 4.32. The van der Waals surface area contributed by atoms with Crippen molar-refractivity contribution in [3.05, 3.63) is 73.2 Å². The lowest BCUT2D eigenvalue weighted by molar-refractivity contribution is -0.112. The van der Waals surface area contributed by atoms with Gasteiger partial charge in [0.1, 0.15) is 11.6 Å². The van der Waals surface area contributed by atoms with Crippen molar-refractivity contribution in [2.45, 2.75) is 6.42 Å². The van der Waals surface area contributed by atoms with Gasteiger partial charge in [-0.25, -0.2) is 4.98 Å². The van der Waals surface area contributed by atoms with E-state index in [4.69, 9.17) is 44.3 Å². The van der Waals surface area contributed by atoms with E-state index in [1.807, 2.05) is 6.07 Å². The minimum absolute atomic E-state index is 0.122. The van der Waals surface area contributed by atoms with Crippen LogP contribution < -0.4 is 14.8 Å². The number of carbonyl (C=O) groups is 1. The number of thiazole rings is 1. The molecule has 10 heteroatoms. The summed E-state index contributed by atoms with van der Waals surface area (Å²) in [7, 11) is 2.94. The van der Waals surface area contributed by atoms with E-state index in [0.717, 1.165) is 10.4 Å². The van der Waals surface area contributed by atoms with E-state index in [1.165, 1.54) is 31.6 Å². The Bertz CT molecular complexity index is 1230. The Hall–Kier alpha value is -2.76. The number of nitriles is 1. The summed E-state index contributed by atoms with van der Waals surface area (Å²) in [6.07, 6.45) is 3.56. The van der Waals surface area contributed by atoms with Crippen LogP contribution in [0.5, 0.6) is 11.5 Å². The van der Waals surface area contributed by atoms with Gasteiger partial charge in [0, 0.05) is 27.5 Å². The average Bonchev–Trinajstić information content (AvgIpc) is 3.20. The lowest BCUT2D eigenvalue weighted by Crippen LogP contribution is -2.13. The molecular weight excluding hydrogens is 493 g/mol. The van der Waals surface area contributed by atoms with Gasteiger partial charge < -0.3 is 9.47 Å². The van der Waals surface area contributed by atoms with Crippen LogP contribution in [0.2, 0.25) is 15.1 Å². The van der Waals surface area contributed by atoms with Gasteiger partial charge >= 0.3 is 0 Å². The van der Waals surface area contributed by atoms with Crippen LogP contribution in [0, 0.1) is 11.3 Å². The molecule has 32 heavy (non-hydrogen) atoms. The van der Waals surface area contributed by atoms with Crippen molar-refractivity contribution in [3.8, 4) is 17.6 Å². The smallest absolute Gasteiger partial charge is 0.268 e. The third kappa shape index (κ3) is 5.72. The normalized spacial score (nSPS) is 11.1. The predicted molar refractivity (Wildman–Crippen MR) is 128 cm³/mol. The molecule has 0 bridgehead atoms. The van der Waals surface area contributed by atoms with Crippen LogP contribution in [0.25, 0.3) is 6.08 Å². The van der Waals surface area contributed by atoms with E-state index < -0.39 is 5.91 Å². The standard InChI is InChI=1S/C22H16Cl3N3O3S/c1-30-19-7-12(6-18(25)20(19)31-2)5-14(10-26)21(29)28-22-27-11-16(32-22)9-13-8-15(23)3-4-17(13)24/h3-8,11H,9H2,1-2H3,(H,27,28,29)/b14-5+. The van der Waals surface area contributed by atoms with Gasteiger partial charge in [-0.15, -0.1) is 11.3 Å². The monoisotopic (exact) mass is 507 g/mol. The van der Waals surface area contributed by atoms with Crippen LogP contribution in [0.4, 0.5) is 5.13 Å². The maximum Gasteiger partial charge on any atom is 0.268 e. The van der Waals surface area contributed by atoms with Crippen molar-refractivity contribution in [2.75, 3.05) is 19.5 Å². The van der Waals surface area contributed by atoms with E-state index in [9.17, 15) is 10.1 Å². The average molecular weight is 509 g/mol. The Balaban J connectivity index is 1.77. The number of methoxy groups -OCH3 is 2. The molecule has 0 saturated heterocycles. The number of halogens is 3. The van der Waals surface area contributed by atoms with Gasteiger partial charge in [-0.05, 0) is 47.5 Å². The molecule has 0 saturated carbocycles. The molecular formula is C22H16Cl3N3O3S. The Kier molecular flexibility index (Phi) is 7.99. The molecule has 1 N–H and O–H groups in total. The zero-order chi connectivity index (χ0) is 23.3. The first-order valence-corrected chi connectivity index (χ1v) is 11.0. The molecule has 1 aromatic heterocycles. The summed E-state index contributed by atoms with van der Waals surface area (Å²) < 4.78 is 10.4. The van der Waals surface area contributed by atoms with Gasteiger partial charge in [0.05, 0.1) is 19.2 Å². The summed E-state index contributed by atoms with van der Waals surface area (Å²) in [6, 6.07) is 10.3. The van der Waals surface area contributed by atoms with Gasteiger partial charge in [0.2, 0.25) is 0 Å². The fourth-order valence-electron chi connectivity index (χ4n) is 2.81. The maximum absolute atomic E-state index is 12.6. The molecule has 0 radical (unpaired) electrons. The maximum atomic E-state index is 12.6. The molecule has 0 aliphatic rings. The number of aromatic nitrogens is 1. The topological polar surface area (TPSA) is 84.2 Å². The molecule has 0 aliphatic carbocycles. The first-order valence-electron chi connectivity index (χ1n) is 9.08. The number of carbonyl (C=O) groups excluding carboxylic acids is 1. The Morgan fingerprint density at radius 3 is 2.66 bits per heavy atom. The third-order valence-electron chi connectivity index (χ3n) is 4.28. The molecule has 0 fully saturated rings. The number of nitrogens with zero attached hydrogens (tertiary/aromatic N) is 2. The van der Waals surface area contributed by atoms with Crippen LogP contribution in [0.15, 0.2) is 42.1 Å². The summed E-state index contributed by atoms with van der Waals surface area (Å²) in [5, 5.41) is 13.9. The minimum atomic E-state index is -0.597. The molecule has 2 aromatic carbocycles. The van der Waals surface area contributed by atoms with E-state index in [1.54, 1.807) is 36.5 Å². The quantitative estimate of drug-likeness (QED) is 0.301. The van der Waals surface area contributed by atoms with E-state index >= 15 is 0 Å². The number of nitrogens with one attached hydrogen (secondary N) is 1.